The molecule has 0 radical (unpaired) electrons. The summed E-state index contributed by atoms with van der Waals surface area (Å²) in [5.74, 6) is 0. The zero-order chi connectivity index (χ0) is 13.5. The van der Waals surface area contributed by atoms with Crippen molar-refractivity contribution in [3.63, 3.8) is 0 Å². The molecule has 18 heavy (non-hydrogen) atoms. The number of aryl methyl sites for hydroxylation is 1. The molecule has 0 aliphatic heterocycles. The first kappa shape index (κ1) is 14.7. The Hall–Kier alpha value is -1.33. The summed E-state index contributed by atoms with van der Waals surface area (Å²) in [4.78, 5) is 10.2. The van der Waals surface area contributed by atoms with Gasteiger partial charge in [0.2, 0.25) is 0 Å². The second-order valence-electron chi connectivity index (χ2n) is 4.00. The Balaban J connectivity index is 2.62. The van der Waals surface area contributed by atoms with E-state index in [9.17, 15) is 10.1 Å². The summed E-state index contributed by atoms with van der Waals surface area (Å²) in [6.45, 7) is 3.35. The molecular weight excluding hydrogens is 256 g/mol. The standard InChI is InChI=1S/C12H17ClN2O3/c1-9-7-12(15(16)17)10(13)8-11(9)14-5-3-4-6-18-2/h7-8,14H,3-6H2,1-2H3. The predicted octanol–water partition coefficient (Wildman–Crippen LogP) is 3.40. The lowest BCUT2D eigenvalue weighted by Gasteiger charge is -2.10. The largest absolute Gasteiger partial charge is 0.385 e. The van der Waals surface area contributed by atoms with Crippen molar-refractivity contribution in [2.24, 2.45) is 0 Å². The molecule has 0 bridgehead atoms. The zero-order valence-corrected chi connectivity index (χ0v) is 11.3. The van der Waals surface area contributed by atoms with Crippen molar-refractivity contribution in [1.82, 2.24) is 0 Å². The van der Waals surface area contributed by atoms with Gasteiger partial charge in [0.05, 0.1) is 4.92 Å². The van der Waals surface area contributed by atoms with Crippen molar-refractivity contribution in [3.05, 3.63) is 32.8 Å². The Morgan fingerprint density at radius 3 is 2.78 bits per heavy atom. The van der Waals surface area contributed by atoms with E-state index < -0.39 is 4.92 Å². The Labute approximate surface area is 111 Å². The Bertz CT molecular complexity index is 424. The van der Waals surface area contributed by atoms with Gasteiger partial charge in [0.1, 0.15) is 5.02 Å². The molecule has 5 nitrogen and oxygen atoms in total. The molecule has 0 spiro atoms. The molecule has 1 aromatic carbocycles. The monoisotopic (exact) mass is 272 g/mol. The van der Waals surface area contributed by atoms with Crippen LogP contribution < -0.4 is 5.32 Å². The van der Waals surface area contributed by atoms with Crippen LogP contribution in [0.5, 0.6) is 0 Å². The van der Waals surface area contributed by atoms with Crippen LogP contribution >= 0.6 is 11.6 Å². The van der Waals surface area contributed by atoms with E-state index in [0.29, 0.717) is 0 Å². The van der Waals surface area contributed by atoms with Crippen LogP contribution in [0.15, 0.2) is 12.1 Å². The summed E-state index contributed by atoms with van der Waals surface area (Å²) in [6, 6.07) is 3.09. The van der Waals surface area contributed by atoms with Gasteiger partial charge in [0, 0.05) is 32.0 Å². The summed E-state index contributed by atoms with van der Waals surface area (Å²) < 4.78 is 4.96. The van der Waals surface area contributed by atoms with Gasteiger partial charge >= 0.3 is 0 Å². The van der Waals surface area contributed by atoms with Crippen molar-refractivity contribution in [1.29, 1.82) is 0 Å². The molecule has 0 fully saturated rings. The van der Waals surface area contributed by atoms with Gasteiger partial charge in [-0.25, -0.2) is 0 Å². The average Bonchev–Trinajstić information content (AvgIpc) is 2.32. The summed E-state index contributed by atoms with van der Waals surface area (Å²) in [5, 5.41) is 14.1. The van der Waals surface area contributed by atoms with E-state index in [4.69, 9.17) is 16.3 Å². The van der Waals surface area contributed by atoms with E-state index >= 15 is 0 Å². The fourth-order valence-corrected chi connectivity index (χ4v) is 1.82. The first-order chi connectivity index (χ1) is 8.56. The number of nitro benzene ring substituents is 1. The van der Waals surface area contributed by atoms with Crippen molar-refractivity contribution < 1.29 is 9.66 Å². The van der Waals surface area contributed by atoms with E-state index in [-0.39, 0.29) is 10.7 Å². The topological polar surface area (TPSA) is 64.4 Å². The molecule has 0 heterocycles. The highest BCUT2D eigenvalue weighted by Crippen LogP contribution is 2.30. The summed E-state index contributed by atoms with van der Waals surface area (Å²) in [6.07, 6.45) is 1.95. The lowest BCUT2D eigenvalue weighted by atomic mass is 10.1. The highest BCUT2D eigenvalue weighted by molar-refractivity contribution is 6.33. The van der Waals surface area contributed by atoms with Crippen LogP contribution in [0.4, 0.5) is 11.4 Å². The maximum atomic E-state index is 10.7. The number of hydrogen-bond acceptors (Lipinski definition) is 4. The quantitative estimate of drug-likeness (QED) is 0.469. The molecule has 1 N–H and O–H groups in total. The summed E-state index contributed by atoms with van der Waals surface area (Å²) >= 11 is 5.86. The molecule has 0 saturated heterocycles. The Kier molecular flexibility index (Phi) is 5.88. The second-order valence-corrected chi connectivity index (χ2v) is 4.41. The number of ether oxygens (including phenoxy) is 1. The fraction of sp³-hybridized carbons (Fsp3) is 0.500. The van der Waals surface area contributed by atoms with Crippen LogP contribution in [-0.2, 0) is 4.74 Å². The van der Waals surface area contributed by atoms with Gasteiger partial charge in [-0.3, -0.25) is 10.1 Å². The number of methoxy groups -OCH3 is 1. The third-order valence-electron chi connectivity index (χ3n) is 2.58. The normalized spacial score (nSPS) is 10.4. The van der Waals surface area contributed by atoms with Gasteiger partial charge in [0.25, 0.3) is 5.69 Å². The molecule has 0 aromatic heterocycles. The van der Waals surface area contributed by atoms with Crippen LogP contribution in [-0.4, -0.2) is 25.2 Å². The Morgan fingerprint density at radius 1 is 1.44 bits per heavy atom. The molecule has 1 rings (SSSR count). The molecule has 0 atom stereocenters. The highest BCUT2D eigenvalue weighted by atomic mass is 35.5. The number of hydrogen-bond donors (Lipinski definition) is 1. The summed E-state index contributed by atoms with van der Waals surface area (Å²) in [5.41, 5.74) is 1.60. The Morgan fingerprint density at radius 2 is 2.17 bits per heavy atom. The SMILES string of the molecule is COCCCCNc1cc(Cl)c([N+](=O)[O-])cc1C. The van der Waals surface area contributed by atoms with E-state index in [0.717, 1.165) is 37.2 Å². The maximum Gasteiger partial charge on any atom is 0.288 e. The summed E-state index contributed by atoms with van der Waals surface area (Å²) in [7, 11) is 1.67. The minimum absolute atomic E-state index is 0.0564. The van der Waals surface area contributed by atoms with Gasteiger partial charge in [-0.05, 0) is 31.4 Å². The highest BCUT2D eigenvalue weighted by Gasteiger charge is 2.14. The molecule has 0 unspecified atom stereocenters. The number of anilines is 1. The molecule has 6 heteroatoms. The van der Waals surface area contributed by atoms with Crippen LogP contribution in [0.3, 0.4) is 0 Å². The van der Waals surface area contributed by atoms with Crippen LogP contribution in [0.2, 0.25) is 5.02 Å². The number of nitro groups is 1. The van der Waals surface area contributed by atoms with Crippen molar-refractivity contribution in [2.45, 2.75) is 19.8 Å². The van der Waals surface area contributed by atoms with Gasteiger partial charge in [-0.1, -0.05) is 11.6 Å². The van der Waals surface area contributed by atoms with Gasteiger partial charge in [-0.2, -0.15) is 0 Å². The van der Waals surface area contributed by atoms with Crippen molar-refractivity contribution in [2.75, 3.05) is 25.6 Å². The lowest BCUT2D eigenvalue weighted by molar-refractivity contribution is -0.384. The minimum Gasteiger partial charge on any atom is -0.385 e. The molecule has 0 amide bonds. The minimum atomic E-state index is -0.475. The average molecular weight is 273 g/mol. The predicted molar refractivity (Wildman–Crippen MR) is 72.4 cm³/mol. The molecular formula is C12H17ClN2O3. The van der Waals surface area contributed by atoms with E-state index in [1.807, 2.05) is 6.92 Å². The van der Waals surface area contributed by atoms with Crippen molar-refractivity contribution >= 4 is 23.0 Å². The number of unbranched alkanes of at least 4 members (excludes halogenated alkanes) is 1. The van der Waals surface area contributed by atoms with E-state index in [1.165, 1.54) is 6.07 Å². The van der Waals surface area contributed by atoms with E-state index in [2.05, 4.69) is 5.32 Å². The number of rotatable bonds is 7. The van der Waals surface area contributed by atoms with Gasteiger partial charge in [-0.15, -0.1) is 0 Å². The third kappa shape index (κ3) is 4.16. The molecule has 0 saturated carbocycles. The second kappa shape index (κ2) is 7.18. The van der Waals surface area contributed by atoms with Crippen LogP contribution in [0.25, 0.3) is 0 Å². The smallest absolute Gasteiger partial charge is 0.288 e. The molecule has 1 aromatic rings. The maximum absolute atomic E-state index is 10.7. The fourth-order valence-electron chi connectivity index (χ4n) is 1.59. The lowest BCUT2D eigenvalue weighted by Crippen LogP contribution is -2.05. The van der Waals surface area contributed by atoms with Crippen molar-refractivity contribution in [3.8, 4) is 0 Å². The van der Waals surface area contributed by atoms with Crippen LogP contribution in [0, 0.1) is 17.0 Å². The molecule has 0 aliphatic rings. The zero-order valence-electron chi connectivity index (χ0n) is 10.5. The number of benzene rings is 1. The third-order valence-corrected chi connectivity index (χ3v) is 2.88. The first-order valence-corrected chi connectivity index (χ1v) is 6.11. The molecule has 0 aliphatic carbocycles. The van der Waals surface area contributed by atoms with Gasteiger partial charge in [0.15, 0.2) is 0 Å². The first-order valence-electron chi connectivity index (χ1n) is 5.73. The number of nitrogens with zero attached hydrogens (tertiary/aromatic N) is 1. The van der Waals surface area contributed by atoms with Crippen LogP contribution in [0.1, 0.15) is 18.4 Å². The molecule has 100 valence electrons. The number of halogens is 1. The van der Waals surface area contributed by atoms with Gasteiger partial charge < -0.3 is 10.1 Å². The van der Waals surface area contributed by atoms with E-state index in [1.54, 1.807) is 13.2 Å². The number of nitrogens with one attached hydrogen (secondary N) is 1.